The number of benzene rings is 1. The van der Waals surface area contributed by atoms with Crippen molar-refractivity contribution in [3.63, 3.8) is 0 Å². The van der Waals surface area contributed by atoms with Crippen molar-refractivity contribution in [1.82, 2.24) is 14.9 Å². The zero-order valence-electron chi connectivity index (χ0n) is 18.9. The molecule has 3 aromatic rings. The van der Waals surface area contributed by atoms with Gasteiger partial charge in [0.15, 0.2) is 11.5 Å². The van der Waals surface area contributed by atoms with Gasteiger partial charge in [0.05, 0.1) is 18.5 Å². The fraction of sp³-hybridized carbons (Fsp3) is 0.458. The first kappa shape index (κ1) is 21.9. The molecule has 1 aliphatic carbocycles. The minimum atomic E-state index is -0.141. The Morgan fingerprint density at radius 1 is 1.30 bits per heavy atom. The van der Waals surface area contributed by atoms with Crippen molar-refractivity contribution in [2.45, 2.75) is 39.7 Å². The minimum Gasteiger partial charge on any atom is -0.486 e. The van der Waals surface area contributed by atoms with E-state index >= 15 is 0 Å². The number of aryl methyl sites for hydroxylation is 1. The third-order valence-electron chi connectivity index (χ3n) is 6.23. The summed E-state index contributed by atoms with van der Waals surface area (Å²) in [5.41, 5.74) is 1.77. The van der Waals surface area contributed by atoms with Crippen molar-refractivity contribution in [3.8, 4) is 11.5 Å². The number of H-pyrrole nitrogens is 1. The van der Waals surface area contributed by atoms with Crippen LogP contribution in [0.4, 0.5) is 5.69 Å². The summed E-state index contributed by atoms with van der Waals surface area (Å²) in [6.45, 7) is 6.50. The Balaban J connectivity index is 1.28. The number of aromatic nitrogens is 2. The number of hydrogen-bond donors (Lipinski definition) is 2. The average molecular weight is 469 g/mol. The first-order valence-electron chi connectivity index (χ1n) is 11.5. The van der Waals surface area contributed by atoms with Crippen molar-refractivity contribution in [2.24, 2.45) is 5.92 Å². The molecule has 2 aromatic heterocycles. The lowest BCUT2D eigenvalue weighted by atomic mass is 9.89. The molecule has 0 unspecified atom stereocenters. The Bertz CT molecular complexity index is 1250. The molecule has 2 N–H and O–H groups in total. The lowest BCUT2D eigenvalue weighted by Crippen LogP contribution is -2.33. The predicted molar refractivity (Wildman–Crippen MR) is 128 cm³/mol. The number of anilines is 1. The molecule has 1 atom stereocenters. The van der Waals surface area contributed by atoms with Crippen LogP contribution in [-0.4, -0.2) is 47.1 Å². The number of ether oxygens (including phenoxy) is 2. The van der Waals surface area contributed by atoms with Gasteiger partial charge in [0, 0.05) is 16.6 Å². The van der Waals surface area contributed by atoms with Gasteiger partial charge in [-0.05, 0) is 49.4 Å². The maximum atomic E-state index is 12.9. The highest BCUT2D eigenvalue weighted by molar-refractivity contribution is 7.18. The summed E-state index contributed by atoms with van der Waals surface area (Å²) >= 11 is 1.64. The maximum absolute atomic E-state index is 12.9. The highest BCUT2D eigenvalue weighted by atomic mass is 32.1. The van der Waals surface area contributed by atoms with Gasteiger partial charge in [-0.1, -0.05) is 13.8 Å². The molecule has 0 saturated heterocycles. The van der Waals surface area contributed by atoms with Crippen LogP contribution in [0.15, 0.2) is 23.0 Å². The zero-order chi connectivity index (χ0) is 22.9. The number of amides is 1. The lowest BCUT2D eigenvalue weighted by molar-refractivity contribution is -0.117. The molecular weight excluding hydrogens is 440 g/mol. The van der Waals surface area contributed by atoms with E-state index in [1.165, 1.54) is 10.4 Å². The SMILES string of the molecule is CCN(CC(=O)Nc1ccc2c(c1)OCCO2)Cc1nc2sc3c(c2c(=O)[nH]1)CC[C@@H](C)C3. The molecule has 33 heavy (non-hydrogen) atoms. The molecule has 0 bridgehead atoms. The van der Waals surface area contributed by atoms with Crippen molar-refractivity contribution in [3.05, 3.63) is 44.8 Å². The van der Waals surface area contributed by atoms with Gasteiger partial charge in [-0.2, -0.15) is 0 Å². The molecule has 9 heteroatoms. The van der Waals surface area contributed by atoms with Crippen LogP contribution in [0.25, 0.3) is 10.2 Å². The Kier molecular flexibility index (Phi) is 6.07. The molecule has 0 fully saturated rings. The molecule has 3 heterocycles. The van der Waals surface area contributed by atoms with Crippen LogP contribution in [0.1, 0.15) is 36.5 Å². The van der Waals surface area contributed by atoms with Crippen molar-refractivity contribution in [2.75, 3.05) is 31.6 Å². The summed E-state index contributed by atoms with van der Waals surface area (Å²) in [5.74, 6) is 2.41. The van der Waals surface area contributed by atoms with E-state index in [0.717, 1.165) is 29.5 Å². The van der Waals surface area contributed by atoms with Crippen molar-refractivity contribution >= 4 is 33.1 Å². The number of carbonyl (C=O) groups is 1. The van der Waals surface area contributed by atoms with Crippen LogP contribution in [0.2, 0.25) is 0 Å². The Hall–Kier alpha value is -2.91. The average Bonchev–Trinajstić information content (AvgIpc) is 3.16. The molecule has 2 aliphatic rings. The first-order chi connectivity index (χ1) is 16.0. The van der Waals surface area contributed by atoms with E-state index in [1.54, 1.807) is 29.5 Å². The Morgan fingerprint density at radius 3 is 2.94 bits per heavy atom. The second-order valence-corrected chi connectivity index (χ2v) is 9.84. The largest absolute Gasteiger partial charge is 0.486 e. The topological polar surface area (TPSA) is 96.6 Å². The van der Waals surface area contributed by atoms with Crippen LogP contribution in [0, 0.1) is 5.92 Å². The molecule has 174 valence electrons. The minimum absolute atomic E-state index is 0.0705. The third-order valence-corrected chi connectivity index (χ3v) is 7.38. The molecule has 8 nitrogen and oxygen atoms in total. The summed E-state index contributed by atoms with van der Waals surface area (Å²) < 4.78 is 11.1. The number of fused-ring (bicyclic) bond motifs is 4. The number of nitrogens with one attached hydrogen (secondary N) is 2. The van der Waals surface area contributed by atoms with Gasteiger partial charge in [-0.15, -0.1) is 11.3 Å². The molecule has 0 saturated carbocycles. The molecule has 0 spiro atoms. The van der Waals surface area contributed by atoms with Gasteiger partial charge in [-0.3, -0.25) is 14.5 Å². The number of hydrogen-bond acceptors (Lipinski definition) is 7. The van der Waals surface area contributed by atoms with E-state index in [-0.39, 0.29) is 18.0 Å². The van der Waals surface area contributed by atoms with E-state index in [1.807, 2.05) is 11.8 Å². The van der Waals surface area contributed by atoms with Gasteiger partial charge in [0.2, 0.25) is 5.91 Å². The Morgan fingerprint density at radius 2 is 2.12 bits per heavy atom. The van der Waals surface area contributed by atoms with Crippen molar-refractivity contribution in [1.29, 1.82) is 0 Å². The molecule has 1 amide bonds. The van der Waals surface area contributed by atoms with Crippen molar-refractivity contribution < 1.29 is 14.3 Å². The fourth-order valence-electron chi connectivity index (χ4n) is 4.48. The number of carbonyl (C=O) groups excluding carboxylic acids is 1. The van der Waals surface area contributed by atoms with Gasteiger partial charge in [-0.25, -0.2) is 4.98 Å². The first-order valence-corrected chi connectivity index (χ1v) is 12.3. The molecule has 1 aromatic carbocycles. The summed E-state index contributed by atoms with van der Waals surface area (Å²) in [6, 6.07) is 5.37. The second-order valence-electron chi connectivity index (χ2n) is 8.75. The number of aromatic amines is 1. The summed E-state index contributed by atoms with van der Waals surface area (Å²) in [6.07, 6.45) is 3.08. The van der Waals surface area contributed by atoms with Gasteiger partial charge in [0.1, 0.15) is 23.9 Å². The quantitative estimate of drug-likeness (QED) is 0.576. The standard InChI is InChI=1S/C24H28N4O4S/c1-3-28(13-21(29)25-15-5-7-17-18(11-15)32-9-8-31-17)12-20-26-23(30)22-16-6-4-14(2)10-19(16)33-24(22)27-20/h5,7,11,14H,3-4,6,8-10,12-13H2,1-2H3,(H,25,29)(H,26,27,30)/t14-/m1/s1. The normalized spacial score (nSPS) is 17.2. The van der Waals surface area contributed by atoms with Gasteiger partial charge in [0.25, 0.3) is 5.56 Å². The van der Waals surface area contributed by atoms with Crippen LogP contribution in [0.3, 0.4) is 0 Å². The zero-order valence-corrected chi connectivity index (χ0v) is 19.7. The molecule has 1 aliphatic heterocycles. The molecule has 5 rings (SSSR count). The summed E-state index contributed by atoms with van der Waals surface area (Å²) in [7, 11) is 0. The molecular formula is C24H28N4O4S. The molecule has 0 radical (unpaired) electrons. The highest BCUT2D eigenvalue weighted by Gasteiger charge is 2.23. The van der Waals surface area contributed by atoms with Crippen LogP contribution in [-0.2, 0) is 24.2 Å². The number of nitrogens with zero attached hydrogens (tertiary/aromatic N) is 2. The van der Waals surface area contributed by atoms with Gasteiger partial charge >= 0.3 is 0 Å². The number of likely N-dealkylation sites (N-methyl/N-ethyl adjacent to an activating group) is 1. The lowest BCUT2D eigenvalue weighted by Gasteiger charge is -2.21. The summed E-state index contributed by atoms with van der Waals surface area (Å²) in [5, 5.41) is 3.67. The summed E-state index contributed by atoms with van der Waals surface area (Å²) in [4.78, 5) is 37.3. The van der Waals surface area contributed by atoms with E-state index in [2.05, 4.69) is 17.2 Å². The second kappa shape index (κ2) is 9.15. The maximum Gasteiger partial charge on any atom is 0.259 e. The van der Waals surface area contributed by atoms with E-state index in [9.17, 15) is 9.59 Å². The van der Waals surface area contributed by atoms with Crippen LogP contribution < -0.4 is 20.3 Å². The van der Waals surface area contributed by atoms with Crippen LogP contribution >= 0.6 is 11.3 Å². The van der Waals surface area contributed by atoms with E-state index in [0.29, 0.717) is 55.2 Å². The van der Waals surface area contributed by atoms with E-state index < -0.39 is 0 Å². The fourth-order valence-corrected chi connectivity index (χ4v) is 5.89. The predicted octanol–water partition coefficient (Wildman–Crippen LogP) is 3.34. The third kappa shape index (κ3) is 4.60. The monoisotopic (exact) mass is 468 g/mol. The Labute approximate surface area is 195 Å². The van der Waals surface area contributed by atoms with Gasteiger partial charge < -0.3 is 19.8 Å². The number of thiophene rings is 1. The van der Waals surface area contributed by atoms with E-state index in [4.69, 9.17) is 14.5 Å². The van der Waals surface area contributed by atoms with Crippen LogP contribution in [0.5, 0.6) is 11.5 Å². The number of rotatable bonds is 6. The highest BCUT2D eigenvalue weighted by Crippen LogP contribution is 2.35. The smallest absolute Gasteiger partial charge is 0.259 e.